The highest BCUT2D eigenvalue weighted by molar-refractivity contribution is 7.99. The zero-order valence-electron chi connectivity index (χ0n) is 21.1. The summed E-state index contributed by atoms with van der Waals surface area (Å²) in [4.78, 5) is 29.8. The summed E-state index contributed by atoms with van der Waals surface area (Å²) < 4.78 is 5.41. The number of carbonyl (C=O) groups is 2. The Bertz CT molecular complexity index is 751. The number of rotatable bonds is 17. The lowest BCUT2D eigenvalue weighted by molar-refractivity contribution is -0.112. The molecule has 0 bridgehead atoms. The Hall–Kier alpha value is -1.37. The Morgan fingerprint density at radius 3 is 2.35 bits per heavy atom. The Kier molecular flexibility index (Phi) is 12.5. The minimum Gasteiger partial charge on any atom is -0.379 e. The van der Waals surface area contributed by atoms with Crippen molar-refractivity contribution in [3.63, 3.8) is 0 Å². The largest absolute Gasteiger partial charge is 0.379 e. The van der Waals surface area contributed by atoms with E-state index in [1.54, 1.807) is 4.90 Å². The van der Waals surface area contributed by atoms with E-state index in [9.17, 15) is 9.59 Å². The van der Waals surface area contributed by atoms with E-state index in [1.807, 2.05) is 23.9 Å². The van der Waals surface area contributed by atoms with Crippen LogP contribution >= 0.6 is 11.8 Å². The average molecular weight is 489 g/mol. The van der Waals surface area contributed by atoms with Crippen molar-refractivity contribution in [2.45, 2.75) is 95.0 Å². The van der Waals surface area contributed by atoms with Crippen molar-refractivity contribution < 1.29 is 14.3 Å². The standard InChI is InChI=1S/C28H44N2O3S/c1-2-13-24(23-31)30-22-26-25(28(30)32)14-12-15-27(26)34-21-11-9-7-5-3-4-6-8-10-16-29-17-19-33-20-18-29/h12,14-15,23-24H,2-11,13,16-22H2,1H3. The van der Waals surface area contributed by atoms with Crippen molar-refractivity contribution in [1.29, 1.82) is 0 Å². The SMILES string of the molecule is CCCC(C=O)N1Cc2c(SCCCCCCCCCCCN3CCOCC3)cccc2C1=O. The topological polar surface area (TPSA) is 49.9 Å². The van der Waals surface area contributed by atoms with Gasteiger partial charge in [-0.1, -0.05) is 64.4 Å². The Morgan fingerprint density at radius 1 is 1.00 bits per heavy atom. The highest BCUT2D eigenvalue weighted by atomic mass is 32.2. The zero-order chi connectivity index (χ0) is 24.0. The number of amides is 1. The quantitative estimate of drug-likeness (QED) is 0.154. The van der Waals surface area contributed by atoms with Crippen LogP contribution in [-0.2, 0) is 16.1 Å². The number of carbonyl (C=O) groups excluding carboxylic acids is 2. The molecule has 0 aromatic heterocycles. The van der Waals surface area contributed by atoms with E-state index in [0.29, 0.717) is 6.54 Å². The number of hydrogen-bond donors (Lipinski definition) is 0. The molecule has 1 atom stereocenters. The molecular weight excluding hydrogens is 444 g/mol. The molecule has 1 saturated heterocycles. The van der Waals surface area contributed by atoms with Gasteiger partial charge in [0, 0.05) is 30.1 Å². The lowest BCUT2D eigenvalue weighted by atomic mass is 10.1. The Morgan fingerprint density at radius 2 is 1.68 bits per heavy atom. The van der Waals surface area contributed by atoms with Crippen LogP contribution in [0.25, 0.3) is 0 Å². The molecule has 0 aliphatic carbocycles. The van der Waals surface area contributed by atoms with E-state index in [2.05, 4.69) is 17.9 Å². The normalized spacial score (nSPS) is 17.2. The number of nitrogens with zero attached hydrogens (tertiary/aromatic N) is 2. The molecule has 1 amide bonds. The number of thioether (sulfide) groups is 1. The number of unbranched alkanes of at least 4 members (excludes halogenated alkanes) is 8. The summed E-state index contributed by atoms with van der Waals surface area (Å²) in [6.45, 7) is 7.92. The summed E-state index contributed by atoms with van der Waals surface area (Å²) in [6, 6.07) is 5.74. The second-order valence-electron chi connectivity index (χ2n) is 9.69. The third kappa shape index (κ3) is 8.39. The maximum atomic E-state index is 12.8. The number of aldehydes is 1. The third-order valence-corrected chi connectivity index (χ3v) is 8.26. The molecule has 1 fully saturated rings. The van der Waals surface area contributed by atoms with Crippen LogP contribution in [0.1, 0.15) is 93.5 Å². The molecule has 0 spiro atoms. The maximum Gasteiger partial charge on any atom is 0.255 e. The van der Waals surface area contributed by atoms with Crippen LogP contribution in [-0.4, -0.2) is 66.6 Å². The number of fused-ring (bicyclic) bond motifs is 1. The zero-order valence-corrected chi connectivity index (χ0v) is 22.0. The van der Waals surface area contributed by atoms with E-state index in [0.717, 1.165) is 62.3 Å². The van der Waals surface area contributed by atoms with E-state index < -0.39 is 0 Å². The number of ether oxygens (including phenoxy) is 1. The summed E-state index contributed by atoms with van der Waals surface area (Å²) in [5.41, 5.74) is 1.91. The van der Waals surface area contributed by atoms with Gasteiger partial charge in [-0.3, -0.25) is 9.69 Å². The van der Waals surface area contributed by atoms with Gasteiger partial charge < -0.3 is 14.4 Å². The number of hydrogen-bond acceptors (Lipinski definition) is 5. The molecule has 34 heavy (non-hydrogen) atoms. The molecule has 1 unspecified atom stereocenters. The third-order valence-electron chi connectivity index (χ3n) is 7.07. The van der Waals surface area contributed by atoms with Gasteiger partial charge in [-0.2, -0.15) is 0 Å². The lowest BCUT2D eigenvalue weighted by Gasteiger charge is -2.26. The molecule has 1 aromatic rings. The Balaban J connectivity index is 1.23. The van der Waals surface area contributed by atoms with Gasteiger partial charge in [-0.05, 0) is 49.3 Å². The summed E-state index contributed by atoms with van der Waals surface area (Å²) in [5.74, 6) is 1.11. The predicted molar refractivity (Wildman–Crippen MR) is 141 cm³/mol. The molecule has 2 heterocycles. The van der Waals surface area contributed by atoms with Crippen molar-refractivity contribution in [2.24, 2.45) is 0 Å². The molecular formula is C28H44N2O3S. The van der Waals surface area contributed by atoms with Crippen LogP contribution < -0.4 is 0 Å². The first-order valence-electron chi connectivity index (χ1n) is 13.6. The molecule has 0 saturated carbocycles. The smallest absolute Gasteiger partial charge is 0.255 e. The molecule has 2 aliphatic heterocycles. The molecule has 190 valence electrons. The fourth-order valence-electron chi connectivity index (χ4n) is 5.00. The fraction of sp³-hybridized carbons (Fsp3) is 0.714. The van der Waals surface area contributed by atoms with Crippen molar-refractivity contribution in [3.05, 3.63) is 29.3 Å². The van der Waals surface area contributed by atoms with Gasteiger partial charge in [0.2, 0.25) is 0 Å². The van der Waals surface area contributed by atoms with Crippen LogP contribution in [0.5, 0.6) is 0 Å². The molecule has 0 radical (unpaired) electrons. The predicted octanol–water partition coefficient (Wildman–Crippen LogP) is 5.95. The molecule has 2 aliphatic rings. The minimum atomic E-state index is -0.299. The summed E-state index contributed by atoms with van der Waals surface area (Å²) in [5, 5.41) is 0. The van der Waals surface area contributed by atoms with Crippen LogP contribution in [0, 0.1) is 0 Å². The van der Waals surface area contributed by atoms with Crippen LogP contribution in [0.15, 0.2) is 23.1 Å². The highest BCUT2D eigenvalue weighted by Gasteiger charge is 2.33. The van der Waals surface area contributed by atoms with Crippen molar-refractivity contribution >= 4 is 24.0 Å². The van der Waals surface area contributed by atoms with Gasteiger partial charge >= 0.3 is 0 Å². The number of morpholine rings is 1. The Labute approximate surface area is 211 Å². The van der Waals surface area contributed by atoms with Gasteiger partial charge in [0.05, 0.1) is 19.3 Å². The summed E-state index contributed by atoms with van der Waals surface area (Å²) in [6.07, 6.45) is 14.6. The van der Waals surface area contributed by atoms with E-state index in [1.165, 1.54) is 69.2 Å². The molecule has 1 aromatic carbocycles. The van der Waals surface area contributed by atoms with Crippen LogP contribution in [0.2, 0.25) is 0 Å². The lowest BCUT2D eigenvalue weighted by Crippen LogP contribution is -2.36. The molecule has 5 nitrogen and oxygen atoms in total. The van der Waals surface area contributed by atoms with Crippen molar-refractivity contribution in [2.75, 3.05) is 38.6 Å². The first kappa shape index (κ1) is 27.2. The van der Waals surface area contributed by atoms with Crippen molar-refractivity contribution in [3.8, 4) is 0 Å². The van der Waals surface area contributed by atoms with Gasteiger partial charge in [0.15, 0.2) is 0 Å². The van der Waals surface area contributed by atoms with Gasteiger partial charge in [-0.15, -0.1) is 11.8 Å². The number of benzene rings is 1. The second kappa shape index (κ2) is 15.6. The minimum absolute atomic E-state index is 0.0177. The van der Waals surface area contributed by atoms with E-state index in [-0.39, 0.29) is 11.9 Å². The van der Waals surface area contributed by atoms with E-state index >= 15 is 0 Å². The highest BCUT2D eigenvalue weighted by Crippen LogP contribution is 2.34. The molecule has 6 heteroatoms. The molecule has 3 rings (SSSR count). The van der Waals surface area contributed by atoms with Crippen LogP contribution in [0.4, 0.5) is 0 Å². The average Bonchev–Trinajstić information content (AvgIpc) is 3.20. The van der Waals surface area contributed by atoms with Gasteiger partial charge in [-0.25, -0.2) is 0 Å². The van der Waals surface area contributed by atoms with Crippen LogP contribution in [0.3, 0.4) is 0 Å². The monoisotopic (exact) mass is 488 g/mol. The maximum absolute atomic E-state index is 12.8. The van der Waals surface area contributed by atoms with E-state index in [4.69, 9.17) is 4.74 Å². The second-order valence-corrected chi connectivity index (χ2v) is 10.8. The van der Waals surface area contributed by atoms with Gasteiger partial charge in [0.1, 0.15) is 6.29 Å². The molecule has 0 N–H and O–H groups in total. The summed E-state index contributed by atoms with van der Waals surface area (Å²) >= 11 is 1.87. The first-order chi connectivity index (χ1) is 16.7. The first-order valence-corrected chi connectivity index (χ1v) is 14.5. The van der Waals surface area contributed by atoms with Crippen molar-refractivity contribution in [1.82, 2.24) is 9.80 Å². The summed E-state index contributed by atoms with van der Waals surface area (Å²) in [7, 11) is 0. The van der Waals surface area contributed by atoms with Gasteiger partial charge in [0.25, 0.3) is 5.91 Å². The fourth-order valence-corrected chi connectivity index (χ4v) is 6.10.